The highest BCUT2D eigenvalue weighted by Crippen LogP contribution is 2.39. The number of H-pyrrole nitrogens is 1. The van der Waals surface area contributed by atoms with Crippen molar-refractivity contribution in [3.05, 3.63) is 64.3 Å². The summed E-state index contributed by atoms with van der Waals surface area (Å²) in [5.41, 5.74) is 4.22. The summed E-state index contributed by atoms with van der Waals surface area (Å²) in [7, 11) is 0. The van der Waals surface area contributed by atoms with Crippen molar-refractivity contribution >= 4 is 40.2 Å². The fourth-order valence-corrected chi connectivity index (χ4v) is 4.50. The minimum atomic E-state index is -0.309. The number of nitrogens with zero attached hydrogens (tertiary/aromatic N) is 1. The number of aromatic nitrogens is 1. The molecule has 0 fully saturated rings. The van der Waals surface area contributed by atoms with E-state index in [1.54, 1.807) is 4.90 Å². The molecule has 2 heterocycles. The van der Waals surface area contributed by atoms with E-state index >= 15 is 0 Å². The monoisotopic (exact) mass is 460 g/mol. The van der Waals surface area contributed by atoms with Crippen LogP contribution < -0.4 is 4.74 Å². The molecule has 1 atom stereocenters. The summed E-state index contributed by atoms with van der Waals surface area (Å²) in [6, 6.07) is 13.5. The number of ether oxygens (including phenoxy) is 2. The molecule has 1 unspecified atom stereocenters. The molecule has 2 aromatic carbocycles. The van der Waals surface area contributed by atoms with Crippen molar-refractivity contribution in [2.75, 3.05) is 25.6 Å². The zero-order chi connectivity index (χ0) is 21.8. The molecule has 31 heavy (non-hydrogen) atoms. The number of hydrogen-bond acceptors (Lipinski definition) is 3. The van der Waals surface area contributed by atoms with Gasteiger partial charge >= 0.3 is 6.09 Å². The number of alkyl halides is 1. The van der Waals surface area contributed by atoms with Gasteiger partial charge in [0.25, 0.3) is 0 Å². The molecular formula is C24H26Cl2N2O3. The molecule has 1 aliphatic heterocycles. The molecule has 1 aromatic heterocycles. The summed E-state index contributed by atoms with van der Waals surface area (Å²) in [5, 5.41) is 1.81. The van der Waals surface area contributed by atoms with E-state index in [2.05, 4.69) is 4.98 Å². The molecule has 5 nitrogen and oxygen atoms in total. The number of carbonyl (C=O) groups is 1. The molecule has 7 heteroatoms. The zero-order valence-electron chi connectivity index (χ0n) is 17.5. The van der Waals surface area contributed by atoms with Gasteiger partial charge in [0.1, 0.15) is 11.8 Å². The molecule has 1 N–H and O–H groups in total. The van der Waals surface area contributed by atoms with Gasteiger partial charge < -0.3 is 14.5 Å². The lowest BCUT2D eigenvalue weighted by atomic mass is 9.92. The maximum Gasteiger partial charge on any atom is 0.410 e. The number of halogens is 2. The van der Waals surface area contributed by atoms with Crippen molar-refractivity contribution in [3.8, 4) is 5.75 Å². The van der Waals surface area contributed by atoms with Crippen LogP contribution in [0.5, 0.6) is 5.75 Å². The number of rotatable bonds is 7. The van der Waals surface area contributed by atoms with Crippen LogP contribution in [0, 0.1) is 0 Å². The first-order valence-corrected chi connectivity index (χ1v) is 11.6. The van der Waals surface area contributed by atoms with Gasteiger partial charge in [0, 0.05) is 34.0 Å². The van der Waals surface area contributed by atoms with Gasteiger partial charge in [-0.05, 0) is 67.6 Å². The first-order chi connectivity index (χ1) is 15.1. The normalized spacial score (nSPS) is 15.7. The Balaban J connectivity index is 1.68. The Bertz CT molecular complexity index is 1050. The SMILES string of the molecule is CCOC(=O)N1CCc2c([nH]c3ccc(Cl)cc23)C1c1ccc(OCCCCCl)cc1. The molecular weight excluding hydrogens is 435 g/mol. The van der Waals surface area contributed by atoms with Gasteiger partial charge in [-0.1, -0.05) is 23.7 Å². The fourth-order valence-electron chi connectivity index (χ4n) is 4.14. The number of amides is 1. The van der Waals surface area contributed by atoms with Crippen LogP contribution in [0.15, 0.2) is 42.5 Å². The van der Waals surface area contributed by atoms with Crippen LogP contribution >= 0.6 is 23.2 Å². The summed E-state index contributed by atoms with van der Waals surface area (Å²) < 4.78 is 11.2. The van der Waals surface area contributed by atoms with Crippen LogP contribution in [0.2, 0.25) is 5.02 Å². The van der Waals surface area contributed by atoms with Gasteiger partial charge in [0.2, 0.25) is 0 Å². The Morgan fingerprint density at radius 1 is 1.19 bits per heavy atom. The Morgan fingerprint density at radius 3 is 2.74 bits per heavy atom. The second-order valence-corrected chi connectivity index (χ2v) is 8.38. The molecule has 0 spiro atoms. The Labute approximate surface area is 192 Å². The maximum atomic E-state index is 12.8. The molecule has 0 radical (unpaired) electrons. The van der Waals surface area contributed by atoms with Crippen molar-refractivity contribution in [1.82, 2.24) is 9.88 Å². The first kappa shape index (κ1) is 21.8. The number of carbonyl (C=O) groups excluding carboxylic acids is 1. The van der Waals surface area contributed by atoms with Crippen LogP contribution in [0.3, 0.4) is 0 Å². The molecule has 164 valence electrons. The van der Waals surface area contributed by atoms with Crippen LogP contribution in [0.1, 0.15) is 42.6 Å². The lowest BCUT2D eigenvalue weighted by molar-refractivity contribution is 0.0932. The standard InChI is InChI=1S/C24H26Cl2N2O3/c1-2-30-24(29)28-13-11-19-20-15-17(26)7-10-21(20)27-22(19)23(28)16-5-8-18(9-6-16)31-14-4-3-12-25/h5-10,15,23,27H,2-4,11-14H2,1H3. The van der Waals surface area contributed by atoms with E-state index < -0.39 is 0 Å². The van der Waals surface area contributed by atoms with E-state index in [4.69, 9.17) is 32.7 Å². The number of aromatic amines is 1. The van der Waals surface area contributed by atoms with Crippen molar-refractivity contribution in [3.63, 3.8) is 0 Å². The van der Waals surface area contributed by atoms with Crippen molar-refractivity contribution in [2.45, 2.75) is 32.2 Å². The van der Waals surface area contributed by atoms with Crippen molar-refractivity contribution < 1.29 is 14.3 Å². The van der Waals surface area contributed by atoms with Gasteiger partial charge in [-0.2, -0.15) is 0 Å². The lowest BCUT2D eigenvalue weighted by Crippen LogP contribution is -2.40. The Hall–Kier alpha value is -2.37. The van der Waals surface area contributed by atoms with Crippen molar-refractivity contribution in [1.29, 1.82) is 0 Å². The highest BCUT2D eigenvalue weighted by molar-refractivity contribution is 6.31. The van der Waals surface area contributed by atoms with Crippen LogP contribution in [0.25, 0.3) is 10.9 Å². The van der Waals surface area contributed by atoms with E-state index in [0.29, 0.717) is 30.7 Å². The van der Waals surface area contributed by atoms with E-state index in [1.165, 1.54) is 5.56 Å². The summed E-state index contributed by atoms with van der Waals surface area (Å²) >= 11 is 12.0. The zero-order valence-corrected chi connectivity index (χ0v) is 19.0. The molecule has 0 saturated carbocycles. The third-order valence-electron chi connectivity index (χ3n) is 5.58. The number of hydrogen-bond donors (Lipinski definition) is 1. The molecule has 0 aliphatic carbocycles. The van der Waals surface area contributed by atoms with Gasteiger partial charge in [-0.25, -0.2) is 4.79 Å². The average Bonchev–Trinajstić information content (AvgIpc) is 3.14. The predicted molar refractivity (Wildman–Crippen MR) is 124 cm³/mol. The topological polar surface area (TPSA) is 54.6 Å². The molecule has 3 aromatic rings. The van der Waals surface area contributed by atoms with Crippen LogP contribution in [0.4, 0.5) is 4.79 Å². The summed E-state index contributed by atoms with van der Waals surface area (Å²) in [5.74, 6) is 1.45. The Kier molecular flexibility index (Phi) is 6.93. The number of fused-ring (bicyclic) bond motifs is 3. The summed E-state index contributed by atoms with van der Waals surface area (Å²) in [4.78, 5) is 18.1. The number of unbranched alkanes of at least 4 members (excludes halogenated alkanes) is 1. The quantitative estimate of drug-likeness (QED) is 0.331. The third-order valence-corrected chi connectivity index (χ3v) is 6.09. The molecule has 1 aliphatic rings. The van der Waals surface area contributed by atoms with Crippen molar-refractivity contribution in [2.24, 2.45) is 0 Å². The van der Waals surface area contributed by atoms with Gasteiger partial charge in [-0.15, -0.1) is 11.6 Å². The summed E-state index contributed by atoms with van der Waals surface area (Å²) in [6.45, 7) is 3.37. The fraction of sp³-hybridized carbons (Fsp3) is 0.375. The van der Waals surface area contributed by atoms with Gasteiger partial charge in [0.15, 0.2) is 0 Å². The van der Waals surface area contributed by atoms with Crippen LogP contribution in [-0.4, -0.2) is 41.6 Å². The molecule has 4 rings (SSSR count). The average molecular weight is 461 g/mol. The van der Waals surface area contributed by atoms with E-state index in [1.807, 2.05) is 49.4 Å². The largest absolute Gasteiger partial charge is 0.494 e. The lowest BCUT2D eigenvalue weighted by Gasteiger charge is -2.35. The second-order valence-electron chi connectivity index (χ2n) is 7.57. The molecule has 1 amide bonds. The smallest absolute Gasteiger partial charge is 0.410 e. The summed E-state index contributed by atoms with van der Waals surface area (Å²) in [6.07, 6.45) is 2.29. The minimum Gasteiger partial charge on any atom is -0.494 e. The van der Waals surface area contributed by atoms with Gasteiger partial charge in [-0.3, -0.25) is 4.90 Å². The van der Waals surface area contributed by atoms with Gasteiger partial charge in [0.05, 0.1) is 13.2 Å². The number of nitrogens with one attached hydrogen (secondary N) is 1. The highest BCUT2D eigenvalue weighted by Gasteiger charge is 2.35. The number of benzene rings is 2. The maximum absolute atomic E-state index is 12.8. The Morgan fingerprint density at radius 2 is 2.00 bits per heavy atom. The highest BCUT2D eigenvalue weighted by atomic mass is 35.5. The second kappa shape index (κ2) is 9.84. The van der Waals surface area contributed by atoms with Crippen LogP contribution in [-0.2, 0) is 11.2 Å². The van der Waals surface area contributed by atoms with E-state index in [9.17, 15) is 4.79 Å². The minimum absolute atomic E-state index is 0.265. The molecule has 0 saturated heterocycles. The molecule has 0 bridgehead atoms. The predicted octanol–water partition coefficient (Wildman–Crippen LogP) is 6.32. The first-order valence-electron chi connectivity index (χ1n) is 10.6. The van der Waals surface area contributed by atoms with E-state index in [0.717, 1.165) is 47.2 Å². The van der Waals surface area contributed by atoms with E-state index in [-0.39, 0.29) is 12.1 Å². The third kappa shape index (κ3) is 4.63.